The molecule has 2 N–H and O–H groups in total. The third-order valence-electron chi connectivity index (χ3n) is 3.48. The fraction of sp³-hybridized carbons (Fsp3) is 0. The second-order valence-electron chi connectivity index (χ2n) is 5.12. The number of carbonyl (C=O) groups excluding carboxylic acids is 3. The van der Waals surface area contributed by atoms with Crippen LogP contribution in [-0.2, 0) is 9.59 Å². The van der Waals surface area contributed by atoms with Crippen LogP contribution in [-0.4, -0.2) is 23.0 Å². The van der Waals surface area contributed by atoms with Crippen molar-refractivity contribution in [1.82, 2.24) is 5.32 Å². The summed E-state index contributed by atoms with van der Waals surface area (Å²) in [7, 11) is 0. The number of para-hydroxylation sites is 1. The van der Waals surface area contributed by atoms with Gasteiger partial charge < -0.3 is 5.11 Å². The number of barbiturate groups is 1. The first-order valence-corrected chi connectivity index (χ1v) is 7.78. The topological polar surface area (TPSA) is 86.7 Å². The highest BCUT2D eigenvalue weighted by atomic mass is 35.5. The monoisotopic (exact) mass is 376 g/mol. The van der Waals surface area contributed by atoms with Crippen molar-refractivity contribution in [2.75, 3.05) is 4.90 Å². The summed E-state index contributed by atoms with van der Waals surface area (Å²) in [5, 5.41) is 11.8. The van der Waals surface area contributed by atoms with Crippen molar-refractivity contribution in [3.8, 4) is 5.75 Å². The van der Waals surface area contributed by atoms with Gasteiger partial charge >= 0.3 is 6.03 Å². The molecule has 1 aliphatic rings. The van der Waals surface area contributed by atoms with Gasteiger partial charge in [0.1, 0.15) is 11.3 Å². The number of amides is 4. The largest absolute Gasteiger partial charge is 0.506 e. The molecule has 0 aliphatic carbocycles. The van der Waals surface area contributed by atoms with Gasteiger partial charge in [0.15, 0.2) is 0 Å². The summed E-state index contributed by atoms with van der Waals surface area (Å²) in [6, 6.07) is 9.59. The molecule has 0 bridgehead atoms. The molecule has 0 radical (unpaired) electrons. The molecular formula is C17H10Cl2N2O4. The first-order valence-electron chi connectivity index (χ1n) is 7.03. The predicted octanol–water partition coefficient (Wildman–Crippen LogP) is 3.37. The molecule has 0 unspecified atom stereocenters. The first-order chi connectivity index (χ1) is 11.9. The number of imide groups is 2. The Morgan fingerprint density at radius 3 is 2.40 bits per heavy atom. The molecule has 0 aromatic heterocycles. The number of hydrogen-bond donors (Lipinski definition) is 2. The quantitative estimate of drug-likeness (QED) is 0.621. The van der Waals surface area contributed by atoms with Crippen LogP contribution in [0.4, 0.5) is 10.5 Å². The highest BCUT2D eigenvalue weighted by Crippen LogP contribution is 2.29. The van der Waals surface area contributed by atoms with Crippen LogP contribution in [0.3, 0.4) is 0 Å². The number of benzene rings is 2. The van der Waals surface area contributed by atoms with Gasteiger partial charge in [-0.15, -0.1) is 0 Å². The third-order valence-corrected chi connectivity index (χ3v) is 4.10. The third kappa shape index (κ3) is 3.22. The minimum absolute atomic E-state index is 0.0667. The number of phenolic OH excluding ortho intramolecular Hbond substituents is 1. The minimum atomic E-state index is -0.885. The molecule has 6 nitrogen and oxygen atoms in total. The summed E-state index contributed by atoms with van der Waals surface area (Å²) < 4.78 is 0. The normalized spacial score (nSPS) is 16.3. The molecule has 1 fully saturated rings. The molecule has 1 heterocycles. The Hall–Kier alpha value is -2.83. The van der Waals surface area contributed by atoms with Crippen LogP contribution in [0.15, 0.2) is 48.0 Å². The number of aromatic hydroxyl groups is 1. The standard InChI is InChI=1S/C17H10Cl2N2O4/c18-11-3-1-2-4-13(11)21-16(24)10(15(23)20-17(21)25)7-9-5-6-14(22)12(19)8-9/h1-8,22H,(H,20,23,25)/b10-7+. The van der Waals surface area contributed by atoms with Crippen LogP contribution in [0.1, 0.15) is 5.56 Å². The number of carbonyl (C=O) groups is 3. The van der Waals surface area contributed by atoms with Gasteiger partial charge in [-0.2, -0.15) is 0 Å². The van der Waals surface area contributed by atoms with Gasteiger partial charge in [-0.3, -0.25) is 14.9 Å². The fourth-order valence-electron chi connectivity index (χ4n) is 2.29. The van der Waals surface area contributed by atoms with Gasteiger partial charge in [0.05, 0.1) is 15.7 Å². The van der Waals surface area contributed by atoms with Crippen molar-refractivity contribution in [3.63, 3.8) is 0 Å². The smallest absolute Gasteiger partial charge is 0.335 e. The van der Waals surface area contributed by atoms with Crippen LogP contribution in [0, 0.1) is 0 Å². The molecule has 2 aromatic carbocycles. The van der Waals surface area contributed by atoms with Gasteiger partial charge in [0, 0.05) is 0 Å². The Morgan fingerprint density at radius 1 is 1.00 bits per heavy atom. The zero-order chi connectivity index (χ0) is 18.1. The second kappa shape index (κ2) is 6.58. The van der Waals surface area contributed by atoms with E-state index >= 15 is 0 Å². The van der Waals surface area contributed by atoms with E-state index in [2.05, 4.69) is 5.32 Å². The summed E-state index contributed by atoms with van der Waals surface area (Å²) in [6.07, 6.45) is 1.28. The van der Waals surface area contributed by atoms with Crippen LogP contribution in [0.2, 0.25) is 10.0 Å². The van der Waals surface area contributed by atoms with E-state index in [9.17, 15) is 19.5 Å². The highest BCUT2D eigenvalue weighted by molar-refractivity contribution is 6.42. The SMILES string of the molecule is O=C1NC(=O)N(c2ccccc2Cl)C(=O)/C1=C/c1ccc(O)c(Cl)c1. The molecule has 0 saturated carbocycles. The summed E-state index contributed by atoms with van der Waals surface area (Å²) in [4.78, 5) is 37.6. The molecule has 0 spiro atoms. The number of urea groups is 1. The number of phenols is 1. The summed E-state index contributed by atoms with van der Waals surface area (Å²) in [5.41, 5.74) is 0.310. The molecule has 126 valence electrons. The first kappa shape index (κ1) is 17.0. The maximum Gasteiger partial charge on any atom is 0.335 e. The summed E-state index contributed by atoms with van der Waals surface area (Å²) in [5.74, 6) is -1.77. The van der Waals surface area contributed by atoms with E-state index < -0.39 is 17.8 Å². The van der Waals surface area contributed by atoms with Gasteiger partial charge in [0.25, 0.3) is 11.8 Å². The summed E-state index contributed by atoms with van der Waals surface area (Å²) >= 11 is 11.9. The Kier molecular flexibility index (Phi) is 4.48. The molecule has 1 saturated heterocycles. The van der Waals surface area contributed by atoms with E-state index in [1.54, 1.807) is 12.1 Å². The van der Waals surface area contributed by atoms with Crippen LogP contribution >= 0.6 is 23.2 Å². The minimum Gasteiger partial charge on any atom is -0.506 e. The van der Waals surface area contributed by atoms with E-state index in [1.165, 1.54) is 36.4 Å². The van der Waals surface area contributed by atoms with Crippen LogP contribution in [0.5, 0.6) is 5.75 Å². The number of nitrogens with zero attached hydrogens (tertiary/aromatic N) is 1. The Balaban J connectivity index is 2.05. The number of halogens is 2. The van der Waals surface area contributed by atoms with Crippen molar-refractivity contribution < 1.29 is 19.5 Å². The lowest BCUT2D eigenvalue weighted by Gasteiger charge is -2.27. The molecule has 3 rings (SSSR count). The van der Waals surface area contributed by atoms with Crippen LogP contribution in [0.25, 0.3) is 6.08 Å². The lowest BCUT2D eigenvalue weighted by atomic mass is 10.1. The zero-order valence-corrected chi connectivity index (χ0v) is 14.0. The maximum atomic E-state index is 12.7. The lowest BCUT2D eigenvalue weighted by molar-refractivity contribution is -0.122. The predicted molar refractivity (Wildman–Crippen MR) is 93.6 cm³/mol. The number of hydrogen-bond acceptors (Lipinski definition) is 4. The molecule has 2 aromatic rings. The van der Waals surface area contributed by atoms with E-state index in [-0.39, 0.29) is 27.1 Å². The van der Waals surface area contributed by atoms with Crippen molar-refractivity contribution >= 4 is 52.8 Å². The average Bonchev–Trinajstić information content (AvgIpc) is 2.56. The van der Waals surface area contributed by atoms with Crippen LogP contribution < -0.4 is 10.2 Å². The molecule has 25 heavy (non-hydrogen) atoms. The van der Waals surface area contributed by atoms with E-state index in [0.29, 0.717) is 5.56 Å². The van der Waals surface area contributed by atoms with Gasteiger partial charge in [-0.1, -0.05) is 41.4 Å². The molecule has 0 atom stereocenters. The number of anilines is 1. The Bertz CT molecular complexity index is 940. The second-order valence-corrected chi connectivity index (χ2v) is 5.93. The highest BCUT2D eigenvalue weighted by Gasteiger charge is 2.37. The fourth-order valence-corrected chi connectivity index (χ4v) is 2.70. The maximum absolute atomic E-state index is 12.7. The lowest BCUT2D eigenvalue weighted by Crippen LogP contribution is -2.54. The number of nitrogens with one attached hydrogen (secondary N) is 1. The molecule has 1 aliphatic heterocycles. The van der Waals surface area contributed by atoms with Crippen molar-refractivity contribution in [2.45, 2.75) is 0 Å². The van der Waals surface area contributed by atoms with E-state index in [0.717, 1.165) is 4.90 Å². The van der Waals surface area contributed by atoms with Crippen molar-refractivity contribution in [2.24, 2.45) is 0 Å². The Labute approximate surface area is 152 Å². The van der Waals surface area contributed by atoms with E-state index in [1.807, 2.05) is 0 Å². The van der Waals surface area contributed by atoms with Crippen molar-refractivity contribution in [1.29, 1.82) is 0 Å². The molecule has 4 amide bonds. The van der Waals surface area contributed by atoms with Gasteiger partial charge in [0.2, 0.25) is 0 Å². The molecular weight excluding hydrogens is 367 g/mol. The van der Waals surface area contributed by atoms with E-state index in [4.69, 9.17) is 23.2 Å². The zero-order valence-electron chi connectivity index (χ0n) is 12.5. The average molecular weight is 377 g/mol. The van der Waals surface area contributed by atoms with Crippen molar-refractivity contribution in [3.05, 3.63) is 63.6 Å². The van der Waals surface area contributed by atoms with Gasteiger partial charge in [-0.25, -0.2) is 9.69 Å². The summed E-state index contributed by atoms with van der Waals surface area (Å²) in [6.45, 7) is 0. The Morgan fingerprint density at radius 2 is 1.72 bits per heavy atom. The van der Waals surface area contributed by atoms with Gasteiger partial charge in [-0.05, 0) is 35.9 Å². The molecule has 8 heteroatoms. The number of rotatable bonds is 2.